The van der Waals surface area contributed by atoms with Crippen LogP contribution < -0.4 is 10.9 Å². The number of nitrogens with one attached hydrogen (secondary N) is 1. The fraction of sp³-hybridized carbons (Fsp3) is 0. The van der Waals surface area contributed by atoms with Crippen molar-refractivity contribution in [2.75, 3.05) is 5.32 Å². The molecular formula is C16H10N4O3. The van der Waals surface area contributed by atoms with Crippen molar-refractivity contribution in [3.8, 4) is 5.69 Å². The van der Waals surface area contributed by atoms with Gasteiger partial charge in [-0.25, -0.2) is 4.79 Å². The van der Waals surface area contributed by atoms with Gasteiger partial charge < -0.3 is 9.73 Å². The molecule has 2 heterocycles. The molecule has 0 unspecified atom stereocenters. The first-order valence-electron chi connectivity index (χ1n) is 6.85. The van der Waals surface area contributed by atoms with E-state index >= 15 is 0 Å². The van der Waals surface area contributed by atoms with Gasteiger partial charge in [-0.15, -0.1) is 15.0 Å². The maximum absolute atomic E-state index is 12.2. The summed E-state index contributed by atoms with van der Waals surface area (Å²) in [4.78, 5) is 24.0. The second-order valence-electron chi connectivity index (χ2n) is 4.91. The Morgan fingerprint density at radius 3 is 2.48 bits per heavy atom. The van der Waals surface area contributed by atoms with Gasteiger partial charge in [-0.2, -0.15) is 0 Å². The van der Waals surface area contributed by atoms with E-state index in [0.29, 0.717) is 34.1 Å². The summed E-state index contributed by atoms with van der Waals surface area (Å²) in [6, 6.07) is 14.0. The van der Waals surface area contributed by atoms with Crippen LogP contribution in [0.2, 0.25) is 0 Å². The van der Waals surface area contributed by atoms with Crippen molar-refractivity contribution in [3.05, 3.63) is 59.0 Å². The molecule has 0 aliphatic carbocycles. The van der Waals surface area contributed by atoms with E-state index in [2.05, 4.69) is 15.5 Å². The molecule has 7 heteroatoms. The maximum Gasteiger partial charge on any atom is 0.364 e. The van der Waals surface area contributed by atoms with Crippen LogP contribution in [0.5, 0.6) is 0 Å². The van der Waals surface area contributed by atoms with E-state index in [9.17, 15) is 9.59 Å². The Hall–Kier alpha value is -3.48. The van der Waals surface area contributed by atoms with Crippen LogP contribution in [0.25, 0.3) is 27.7 Å². The van der Waals surface area contributed by atoms with Gasteiger partial charge in [-0.1, -0.05) is 12.1 Å². The predicted octanol–water partition coefficient (Wildman–Crippen LogP) is 2.10. The Kier molecular flexibility index (Phi) is 2.90. The first-order chi connectivity index (χ1) is 11.2. The number of anilines is 1. The molecule has 0 saturated carbocycles. The first kappa shape index (κ1) is 13.2. The Morgan fingerprint density at radius 2 is 1.78 bits per heavy atom. The van der Waals surface area contributed by atoms with Crippen LogP contribution >= 0.6 is 0 Å². The molecule has 1 N–H and O–H groups in total. The summed E-state index contributed by atoms with van der Waals surface area (Å²) in [7, 11) is 0. The normalized spacial score (nSPS) is 11.0. The summed E-state index contributed by atoms with van der Waals surface area (Å²) in [5.74, 6) is 0. The molecule has 0 radical (unpaired) electrons. The third-order valence-electron chi connectivity index (χ3n) is 3.45. The molecule has 23 heavy (non-hydrogen) atoms. The summed E-state index contributed by atoms with van der Waals surface area (Å²) in [5, 5.41) is 11.8. The second kappa shape index (κ2) is 5.06. The van der Waals surface area contributed by atoms with E-state index in [1.807, 2.05) is 24.3 Å². The molecule has 0 atom stereocenters. The number of hydrogen-bond donors (Lipinski definition) is 1. The summed E-state index contributed by atoms with van der Waals surface area (Å²) in [5.41, 5.74) is 1.98. The molecule has 0 aliphatic rings. The van der Waals surface area contributed by atoms with Crippen LogP contribution in [-0.2, 0) is 4.79 Å². The minimum absolute atomic E-state index is 0.227. The van der Waals surface area contributed by atoms with E-state index in [0.717, 1.165) is 0 Å². The number of benzene rings is 2. The van der Waals surface area contributed by atoms with Crippen LogP contribution in [0.15, 0.2) is 57.7 Å². The van der Waals surface area contributed by atoms with Crippen LogP contribution in [0.1, 0.15) is 0 Å². The highest BCUT2D eigenvalue weighted by molar-refractivity contribution is 5.84. The van der Waals surface area contributed by atoms with Crippen molar-refractivity contribution >= 4 is 34.1 Å². The highest BCUT2D eigenvalue weighted by Gasteiger charge is 2.11. The lowest BCUT2D eigenvalue weighted by molar-refractivity contribution is -0.105. The number of aromatic nitrogens is 3. The Morgan fingerprint density at radius 1 is 1.04 bits per heavy atom. The first-order valence-corrected chi connectivity index (χ1v) is 6.85. The highest BCUT2D eigenvalue weighted by atomic mass is 16.4. The number of hydrogen-bond acceptors (Lipinski definition) is 5. The smallest absolute Gasteiger partial charge is 0.364 e. The van der Waals surface area contributed by atoms with Crippen LogP contribution in [0.4, 0.5) is 5.69 Å². The molecule has 2 aromatic carbocycles. The van der Waals surface area contributed by atoms with Crippen molar-refractivity contribution in [1.29, 1.82) is 0 Å². The molecule has 112 valence electrons. The lowest BCUT2D eigenvalue weighted by atomic mass is 10.2. The summed E-state index contributed by atoms with van der Waals surface area (Å²) in [6.07, 6.45) is 0.562. The predicted molar refractivity (Wildman–Crippen MR) is 84.6 cm³/mol. The molecule has 0 saturated heterocycles. The second-order valence-corrected chi connectivity index (χ2v) is 4.91. The zero-order valence-electron chi connectivity index (χ0n) is 11.8. The number of amides is 1. The van der Waals surface area contributed by atoms with Crippen LogP contribution in [0, 0.1) is 0 Å². The molecular weight excluding hydrogens is 296 g/mol. The summed E-state index contributed by atoms with van der Waals surface area (Å²) >= 11 is 0. The summed E-state index contributed by atoms with van der Waals surface area (Å²) in [6.45, 7) is 0. The van der Waals surface area contributed by atoms with Crippen molar-refractivity contribution in [2.45, 2.75) is 0 Å². The van der Waals surface area contributed by atoms with Crippen molar-refractivity contribution in [1.82, 2.24) is 15.0 Å². The number of carbonyl (C=O) groups is 1. The lowest BCUT2D eigenvalue weighted by Crippen LogP contribution is -2.12. The number of carbonyl (C=O) groups excluding carboxylic acids is 1. The average Bonchev–Trinajstić information content (AvgIpc) is 2.98. The minimum Gasteiger partial charge on any atom is -0.421 e. The van der Waals surface area contributed by atoms with Gasteiger partial charge in [-0.3, -0.25) is 4.79 Å². The Balaban J connectivity index is 1.89. The van der Waals surface area contributed by atoms with Crippen molar-refractivity contribution in [2.24, 2.45) is 0 Å². The minimum atomic E-state index is -0.555. The van der Waals surface area contributed by atoms with E-state index < -0.39 is 5.63 Å². The highest BCUT2D eigenvalue weighted by Crippen LogP contribution is 2.20. The molecule has 0 bridgehead atoms. The third-order valence-corrected chi connectivity index (χ3v) is 3.45. The van der Waals surface area contributed by atoms with E-state index in [-0.39, 0.29) is 5.69 Å². The van der Waals surface area contributed by atoms with E-state index in [1.165, 1.54) is 4.80 Å². The van der Waals surface area contributed by atoms with Gasteiger partial charge in [0.2, 0.25) is 6.41 Å². The Labute approximate surface area is 129 Å². The van der Waals surface area contributed by atoms with Gasteiger partial charge in [-0.05, 0) is 30.3 Å². The van der Waals surface area contributed by atoms with Gasteiger partial charge in [0.1, 0.15) is 16.6 Å². The Bertz CT molecular complexity index is 1060. The monoisotopic (exact) mass is 306 g/mol. The lowest BCUT2D eigenvalue weighted by Gasteiger charge is -2.03. The molecule has 7 nitrogen and oxygen atoms in total. The summed E-state index contributed by atoms with van der Waals surface area (Å²) < 4.78 is 5.32. The zero-order chi connectivity index (χ0) is 15.8. The molecule has 4 aromatic rings. The van der Waals surface area contributed by atoms with Crippen molar-refractivity contribution < 1.29 is 9.21 Å². The quantitative estimate of drug-likeness (QED) is 0.462. The van der Waals surface area contributed by atoms with Gasteiger partial charge in [0.05, 0.1) is 0 Å². The fourth-order valence-electron chi connectivity index (χ4n) is 2.37. The standard InChI is InChI=1S/C16H10N4O3/c21-9-17-11-6-5-10-7-14(16(22)23-15(10)8-11)20-18-12-3-1-2-4-13(12)19-20/h1-9H,(H,17,21). The third kappa shape index (κ3) is 2.24. The molecule has 0 fully saturated rings. The van der Waals surface area contributed by atoms with Gasteiger partial charge in [0.15, 0.2) is 5.69 Å². The topological polar surface area (TPSA) is 90.0 Å². The van der Waals surface area contributed by atoms with Crippen molar-refractivity contribution in [3.63, 3.8) is 0 Å². The SMILES string of the molecule is O=CNc1ccc2cc(-n3nc4ccccc4n3)c(=O)oc2c1. The molecule has 0 spiro atoms. The average molecular weight is 306 g/mol. The van der Waals surface area contributed by atoms with Gasteiger partial charge >= 0.3 is 5.63 Å². The fourth-order valence-corrected chi connectivity index (χ4v) is 2.37. The molecule has 4 rings (SSSR count). The molecule has 2 aromatic heterocycles. The largest absolute Gasteiger partial charge is 0.421 e. The van der Waals surface area contributed by atoms with E-state index in [4.69, 9.17) is 4.42 Å². The van der Waals surface area contributed by atoms with Gasteiger partial charge in [0.25, 0.3) is 0 Å². The zero-order valence-corrected chi connectivity index (χ0v) is 11.8. The molecule has 0 aliphatic heterocycles. The number of rotatable bonds is 3. The maximum atomic E-state index is 12.2. The van der Waals surface area contributed by atoms with E-state index in [1.54, 1.807) is 24.3 Å². The molecule has 1 amide bonds. The number of nitrogens with zero attached hydrogens (tertiary/aromatic N) is 3. The van der Waals surface area contributed by atoms with Crippen LogP contribution in [0.3, 0.4) is 0 Å². The van der Waals surface area contributed by atoms with Crippen LogP contribution in [-0.4, -0.2) is 21.4 Å². The van der Waals surface area contributed by atoms with Gasteiger partial charge in [0, 0.05) is 17.1 Å². The number of fused-ring (bicyclic) bond motifs is 2.